The highest BCUT2D eigenvalue weighted by Crippen LogP contribution is 2.38. The summed E-state index contributed by atoms with van der Waals surface area (Å²) in [5.41, 5.74) is 10.1. The summed E-state index contributed by atoms with van der Waals surface area (Å²) in [5, 5.41) is 3.50. The zero-order valence-electron chi connectivity index (χ0n) is 21.5. The van der Waals surface area contributed by atoms with E-state index in [0.717, 1.165) is 33.0 Å². The first-order valence-electron chi connectivity index (χ1n) is 13.3. The van der Waals surface area contributed by atoms with Gasteiger partial charge in [-0.05, 0) is 59.7 Å². The summed E-state index contributed by atoms with van der Waals surface area (Å²) in [6.45, 7) is 0. The Kier molecular flexibility index (Phi) is 5.32. The predicted molar refractivity (Wildman–Crippen MR) is 168 cm³/mol. The van der Waals surface area contributed by atoms with Crippen LogP contribution in [0.5, 0.6) is 0 Å². The second kappa shape index (κ2) is 9.30. The normalized spacial score (nSPS) is 11.5. The van der Waals surface area contributed by atoms with Gasteiger partial charge in [0.25, 0.3) is 0 Å². The monoisotopic (exact) mass is 529 g/mol. The van der Waals surface area contributed by atoms with Crippen molar-refractivity contribution in [1.29, 1.82) is 0 Å². The van der Waals surface area contributed by atoms with Crippen molar-refractivity contribution in [3.63, 3.8) is 0 Å². The molecule has 0 atom stereocenters. The van der Waals surface area contributed by atoms with Crippen LogP contribution >= 0.6 is 11.3 Å². The van der Waals surface area contributed by atoms with Crippen LogP contribution in [0.3, 0.4) is 0 Å². The van der Waals surface area contributed by atoms with Gasteiger partial charge in [-0.3, -0.25) is 4.98 Å². The van der Waals surface area contributed by atoms with Crippen LogP contribution in [0.25, 0.3) is 70.7 Å². The topological polar surface area (TPSA) is 30.7 Å². The molecular formula is C36H23N3S. The Morgan fingerprint density at radius 3 is 2.23 bits per heavy atom. The van der Waals surface area contributed by atoms with Crippen molar-refractivity contribution < 1.29 is 0 Å². The molecule has 5 aromatic carbocycles. The number of benzene rings is 5. The van der Waals surface area contributed by atoms with Crippen molar-refractivity contribution >= 4 is 43.4 Å². The fraction of sp³-hybridized carbons (Fsp3) is 0. The first-order valence-corrected chi connectivity index (χ1v) is 14.1. The largest absolute Gasteiger partial charge is 0.309 e. The molecule has 0 aliphatic rings. The summed E-state index contributed by atoms with van der Waals surface area (Å²) in [4.78, 5) is 9.67. The Labute approximate surface area is 235 Å². The minimum absolute atomic E-state index is 0.968. The molecule has 8 aromatic rings. The summed E-state index contributed by atoms with van der Waals surface area (Å²) in [6.07, 6.45) is 1.84. The third-order valence-electron chi connectivity index (χ3n) is 7.48. The van der Waals surface area contributed by atoms with Gasteiger partial charge in [-0.2, -0.15) is 0 Å². The zero-order valence-corrected chi connectivity index (χ0v) is 22.3. The Morgan fingerprint density at radius 1 is 0.525 bits per heavy atom. The molecule has 0 aliphatic heterocycles. The van der Waals surface area contributed by atoms with Gasteiger partial charge in [0, 0.05) is 33.8 Å². The second-order valence-electron chi connectivity index (χ2n) is 9.92. The fourth-order valence-electron chi connectivity index (χ4n) is 5.58. The van der Waals surface area contributed by atoms with Crippen LogP contribution in [0.4, 0.5) is 0 Å². The first kappa shape index (κ1) is 22.9. The van der Waals surface area contributed by atoms with E-state index in [2.05, 4.69) is 125 Å². The first-order chi connectivity index (χ1) is 19.8. The van der Waals surface area contributed by atoms with Crippen molar-refractivity contribution in [1.82, 2.24) is 14.5 Å². The summed E-state index contributed by atoms with van der Waals surface area (Å²) in [5.74, 6) is 0. The van der Waals surface area contributed by atoms with E-state index in [1.807, 2.05) is 24.4 Å². The Morgan fingerprint density at radius 2 is 1.32 bits per heavy atom. The van der Waals surface area contributed by atoms with Gasteiger partial charge in [-0.25, -0.2) is 4.98 Å². The maximum atomic E-state index is 5.09. The minimum Gasteiger partial charge on any atom is -0.309 e. The third-order valence-corrected chi connectivity index (χ3v) is 8.57. The average Bonchev–Trinajstić information content (AvgIpc) is 3.60. The third kappa shape index (κ3) is 3.81. The maximum absolute atomic E-state index is 5.09. The lowest BCUT2D eigenvalue weighted by molar-refractivity contribution is 1.18. The summed E-state index contributed by atoms with van der Waals surface area (Å²) >= 11 is 1.74. The lowest BCUT2D eigenvalue weighted by atomic mass is 10.1. The summed E-state index contributed by atoms with van der Waals surface area (Å²) in [7, 11) is 0. The van der Waals surface area contributed by atoms with Crippen molar-refractivity contribution in [2.75, 3.05) is 0 Å². The number of fused-ring (bicyclic) bond motifs is 4. The lowest BCUT2D eigenvalue weighted by Gasteiger charge is -2.10. The quantitative estimate of drug-likeness (QED) is 0.227. The highest BCUT2D eigenvalue weighted by atomic mass is 32.1. The zero-order chi connectivity index (χ0) is 26.5. The van der Waals surface area contributed by atoms with Gasteiger partial charge < -0.3 is 4.57 Å². The van der Waals surface area contributed by atoms with Crippen molar-refractivity contribution in [2.45, 2.75) is 0 Å². The van der Waals surface area contributed by atoms with E-state index in [1.54, 1.807) is 11.3 Å². The molecule has 4 heteroatoms. The van der Waals surface area contributed by atoms with Crippen LogP contribution in [0.2, 0.25) is 0 Å². The minimum atomic E-state index is 0.968. The van der Waals surface area contributed by atoms with Crippen LogP contribution < -0.4 is 0 Å². The molecule has 0 radical (unpaired) electrons. The molecule has 0 saturated heterocycles. The van der Waals surface area contributed by atoms with E-state index in [0.29, 0.717) is 0 Å². The van der Waals surface area contributed by atoms with E-state index in [9.17, 15) is 0 Å². The Hall–Kier alpha value is -5.06. The van der Waals surface area contributed by atoms with Gasteiger partial charge in [0.2, 0.25) is 0 Å². The van der Waals surface area contributed by atoms with Gasteiger partial charge in [0.15, 0.2) is 0 Å². The molecule has 0 aliphatic carbocycles. The maximum Gasteiger partial charge on any atom is 0.124 e. The molecule has 3 nitrogen and oxygen atoms in total. The number of aromatic nitrogens is 3. The molecule has 3 heterocycles. The summed E-state index contributed by atoms with van der Waals surface area (Å²) in [6, 6.07) is 47.1. The van der Waals surface area contributed by atoms with Crippen molar-refractivity contribution in [3.05, 3.63) is 140 Å². The number of rotatable bonds is 4. The van der Waals surface area contributed by atoms with E-state index < -0.39 is 0 Å². The van der Waals surface area contributed by atoms with Crippen LogP contribution in [0, 0.1) is 0 Å². The van der Waals surface area contributed by atoms with Crippen LogP contribution in [-0.2, 0) is 0 Å². The highest BCUT2D eigenvalue weighted by Gasteiger charge is 2.15. The second-order valence-corrected chi connectivity index (χ2v) is 10.9. The Bertz CT molecular complexity index is 2160. The standard InChI is InChI=1S/C36H23N3S/c1-2-9-24(10-3-1)25-17-19-35-32(22-25)38-36(40-35)27-16-18-30-29-13-4-5-15-33(29)39(34(30)23-27)28-12-8-11-26(21-28)31-14-6-7-20-37-31/h1-23H. The van der Waals surface area contributed by atoms with Crippen LogP contribution in [0.15, 0.2) is 140 Å². The smallest absolute Gasteiger partial charge is 0.124 e. The highest BCUT2D eigenvalue weighted by molar-refractivity contribution is 7.21. The van der Waals surface area contributed by atoms with Gasteiger partial charge in [-0.1, -0.05) is 84.9 Å². The molecule has 0 bridgehead atoms. The molecular weight excluding hydrogens is 506 g/mol. The fourth-order valence-corrected chi connectivity index (χ4v) is 6.52. The molecule has 40 heavy (non-hydrogen) atoms. The van der Waals surface area contributed by atoms with E-state index in [4.69, 9.17) is 4.98 Å². The van der Waals surface area contributed by atoms with E-state index in [-0.39, 0.29) is 0 Å². The number of pyridine rings is 1. The van der Waals surface area contributed by atoms with E-state index in [1.165, 1.54) is 37.6 Å². The number of hydrogen-bond acceptors (Lipinski definition) is 3. The number of thiazole rings is 1. The summed E-state index contributed by atoms with van der Waals surface area (Å²) < 4.78 is 3.56. The molecule has 0 fully saturated rings. The van der Waals surface area contributed by atoms with Crippen LogP contribution in [-0.4, -0.2) is 14.5 Å². The molecule has 0 spiro atoms. The van der Waals surface area contributed by atoms with Crippen molar-refractivity contribution in [3.8, 4) is 38.6 Å². The number of hydrogen-bond donors (Lipinski definition) is 0. The van der Waals surface area contributed by atoms with Gasteiger partial charge in [0.05, 0.1) is 26.9 Å². The SMILES string of the molecule is c1ccc(-c2ccc3sc(-c4ccc5c6ccccc6n(-c6cccc(-c7ccccn7)c6)c5c4)nc3c2)cc1. The molecule has 0 saturated carbocycles. The van der Waals surface area contributed by atoms with Gasteiger partial charge in [0.1, 0.15) is 5.01 Å². The molecule has 188 valence electrons. The van der Waals surface area contributed by atoms with Crippen LogP contribution in [0.1, 0.15) is 0 Å². The predicted octanol–water partition coefficient (Wildman–Crippen LogP) is 9.79. The Balaban J connectivity index is 1.29. The molecule has 0 unspecified atom stereocenters. The molecule has 3 aromatic heterocycles. The molecule has 0 N–H and O–H groups in total. The number of para-hydroxylation sites is 1. The average molecular weight is 530 g/mol. The van der Waals surface area contributed by atoms with Crippen molar-refractivity contribution in [2.24, 2.45) is 0 Å². The number of nitrogens with zero attached hydrogens (tertiary/aromatic N) is 3. The molecule has 0 amide bonds. The lowest BCUT2D eigenvalue weighted by Crippen LogP contribution is -1.95. The van der Waals surface area contributed by atoms with E-state index >= 15 is 0 Å². The van der Waals surface area contributed by atoms with Gasteiger partial charge in [-0.15, -0.1) is 11.3 Å². The molecule has 8 rings (SSSR count). The van der Waals surface area contributed by atoms with Gasteiger partial charge >= 0.3 is 0 Å².